The number of aryl methyl sites for hydroxylation is 1. The predicted octanol–water partition coefficient (Wildman–Crippen LogP) is 6.16. The van der Waals surface area contributed by atoms with Crippen molar-refractivity contribution in [1.82, 2.24) is 15.3 Å². The van der Waals surface area contributed by atoms with Gasteiger partial charge >= 0.3 is 6.18 Å². The van der Waals surface area contributed by atoms with Crippen LogP contribution in [0.4, 0.5) is 18.9 Å². The molecule has 0 spiro atoms. The summed E-state index contributed by atoms with van der Waals surface area (Å²) in [6.45, 7) is 6.91. The van der Waals surface area contributed by atoms with E-state index >= 15 is 0 Å². The number of ether oxygens (including phenoxy) is 1. The Labute approximate surface area is 208 Å². The van der Waals surface area contributed by atoms with Crippen molar-refractivity contribution in [3.63, 3.8) is 0 Å². The second kappa shape index (κ2) is 11.8. The number of rotatable bonds is 6. The highest BCUT2D eigenvalue weighted by molar-refractivity contribution is 6.31. The van der Waals surface area contributed by atoms with Crippen LogP contribution in [0.15, 0.2) is 39.7 Å². The van der Waals surface area contributed by atoms with Crippen molar-refractivity contribution in [3.8, 4) is 0 Å². The van der Waals surface area contributed by atoms with Gasteiger partial charge in [0.05, 0.1) is 18.8 Å². The fraction of sp³-hybridized carbons (Fsp3) is 0.500. The molecule has 1 aromatic carbocycles. The molecule has 1 aromatic heterocycles. The van der Waals surface area contributed by atoms with Crippen LogP contribution in [0, 0.1) is 6.92 Å². The quantitative estimate of drug-likeness (QED) is 0.482. The molecular weight excluding hydrogens is 483 g/mol. The van der Waals surface area contributed by atoms with E-state index in [1.54, 1.807) is 18.4 Å². The van der Waals surface area contributed by atoms with Crippen molar-refractivity contribution in [2.45, 2.75) is 59.3 Å². The summed E-state index contributed by atoms with van der Waals surface area (Å²) in [5, 5.41) is 8.23. The molecule has 0 aliphatic carbocycles. The number of fused-ring (bicyclic) bond motifs is 3. The molecule has 2 aromatic rings. The molecule has 4 rings (SSSR count). The number of oxazole rings is 1. The second-order valence-corrected chi connectivity index (χ2v) is 8.84. The zero-order valence-electron chi connectivity index (χ0n) is 20.3. The van der Waals surface area contributed by atoms with Gasteiger partial charge in [-0.2, -0.15) is 18.3 Å². The minimum Gasteiger partial charge on any atom is -0.444 e. The Hall–Kier alpha value is -2.72. The molecule has 1 unspecified atom stereocenters. The number of aromatic nitrogens is 1. The van der Waals surface area contributed by atoms with Gasteiger partial charge in [-0.15, -0.1) is 0 Å². The van der Waals surface area contributed by atoms with Gasteiger partial charge in [-0.1, -0.05) is 44.7 Å². The van der Waals surface area contributed by atoms with E-state index in [1.807, 2.05) is 24.8 Å². The molecule has 192 valence electrons. The number of hydrogen-bond acceptors (Lipinski definition) is 7. The van der Waals surface area contributed by atoms with Gasteiger partial charge in [0.2, 0.25) is 5.89 Å². The molecule has 2 N–H and O–H groups in total. The van der Waals surface area contributed by atoms with Crippen molar-refractivity contribution >= 4 is 28.7 Å². The number of amidine groups is 1. The number of hydrazone groups is 1. The third kappa shape index (κ3) is 7.14. The van der Waals surface area contributed by atoms with E-state index in [1.165, 1.54) is 19.3 Å². The van der Waals surface area contributed by atoms with Crippen molar-refractivity contribution in [3.05, 3.63) is 52.3 Å². The van der Waals surface area contributed by atoms with Crippen LogP contribution in [0.1, 0.15) is 57.2 Å². The molecule has 0 bridgehead atoms. The molecule has 0 saturated carbocycles. The van der Waals surface area contributed by atoms with Crippen LogP contribution in [0.3, 0.4) is 0 Å². The van der Waals surface area contributed by atoms with Crippen molar-refractivity contribution in [2.75, 3.05) is 25.1 Å². The monoisotopic (exact) mass is 513 g/mol. The van der Waals surface area contributed by atoms with Gasteiger partial charge in [-0.25, -0.2) is 4.98 Å². The first-order chi connectivity index (χ1) is 16.6. The van der Waals surface area contributed by atoms with Crippen LogP contribution >= 0.6 is 11.6 Å². The number of alkyl halides is 3. The topological polar surface area (TPSA) is 74.9 Å². The van der Waals surface area contributed by atoms with Crippen molar-refractivity contribution in [1.29, 1.82) is 0 Å². The average Bonchev–Trinajstić information content (AvgIpc) is 3.36. The van der Waals surface area contributed by atoms with E-state index in [2.05, 4.69) is 34.7 Å². The molecule has 2 aliphatic rings. The standard InChI is InChI=1S/C19H19ClF3N5O2.C5H12/c1-10-7-30-18(24-10)11(2)15-6-28-16(8-29-9-19(21,22)23)26-27-17(28)13-5-12(20)3-4-14(13)25-15;1-3-5-4-2/h3-5,7,16,25-26H,6,8-9H2,1-2H3;3-5H2,1-2H3/b15-11+;. The Balaban J connectivity index is 0.000000623. The third-order valence-corrected chi connectivity index (χ3v) is 5.68. The minimum absolute atomic E-state index is 0.202. The van der Waals surface area contributed by atoms with E-state index < -0.39 is 18.9 Å². The van der Waals surface area contributed by atoms with E-state index in [9.17, 15) is 13.2 Å². The van der Waals surface area contributed by atoms with Crippen molar-refractivity contribution in [2.24, 2.45) is 5.10 Å². The van der Waals surface area contributed by atoms with Gasteiger partial charge in [-0.3, -0.25) is 5.43 Å². The Morgan fingerprint density at radius 1 is 1.29 bits per heavy atom. The number of anilines is 1. The maximum Gasteiger partial charge on any atom is 0.411 e. The van der Waals surface area contributed by atoms with Crippen LogP contribution in [0.25, 0.3) is 5.57 Å². The summed E-state index contributed by atoms with van der Waals surface area (Å²) in [4.78, 5) is 6.20. The maximum absolute atomic E-state index is 12.5. The molecule has 35 heavy (non-hydrogen) atoms. The van der Waals surface area contributed by atoms with Gasteiger partial charge in [0.1, 0.15) is 19.0 Å². The molecule has 0 fully saturated rings. The van der Waals surface area contributed by atoms with E-state index in [0.29, 0.717) is 23.3 Å². The SMILES string of the molecule is C/C(=C1/CN2C(=NNC2COCC(F)(F)F)c2cc(Cl)ccc2N1)c1nc(C)co1.CCCCC. The van der Waals surface area contributed by atoms with Crippen LogP contribution in [-0.2, 0) is 4.74 Å². The van der Waals surface area contributed by atoms with Gasteiger partial charge in [-0.05, 0) is 32.0 Å². The molecule has 0 saturated heterocycles. The minimum atomic E-state index is -4.40. The van der Waals surface area contributed by atoms with E-state index in [-0.39, 0.29) is 6.61 Å². The number of hydrogen-bond donors (Lipinski definition) is 2. The first kappa shape index (κ1) is 26.9. The number of allylic oxidation sites excluding steroid dienone is 1. The van der Waals surface area contributed by atoms with Gasteiger partial charge in [0.25, 0.3) is 0 Å². The molecule has 7 nitrogen and oxygen atoms in total. The maximum atomic E-state index is 12.5. The summed E-state index contributed by atoms with van der Waals surface area (Å²) in [7, 11) is 0. The number of halogens is 4. The summed E-state index contributed by atoms with van der Waals surface area (Å²) >= 11 is 6.18. The van der Waals surface area contributed by atoms with Crippen molar-refractivity contribution < 1.29 is 22.3 Å². The lowest BCUT2D eigenvalue weighted by Gasteiger charge is -2.26. The lowest BCUT2D eigenvalue weighted by atomic mass is 10.1. The first-order valence-electron chi connectivity index (χ1n) is 11.6. The lowest BCUT2D eigenvalue weighted by Crippen LogP contribution is -2.45. The van der Waals surface area contributed by atoms with Crippen LogP contribution in [0.5, 0.6) is 0 Å². The number of nitrogens with one attached hydrogen (secondary N) is 2. The highest BCUT2D eigenvalue weighted by Crippen LogP contribution is 2.32. The number of nitrogens with zero attached hydrogens (tertiary/aromatic N) is 3. The Morgan fingerprint density at radius 3 is 2.63 bits per heavy atom. The molecule has 1 atom stereocenters. The largest absolute Gasteiger partial charge is 0.444 e. The Kier molecular flexibility index (Phi) is 9.07. The third-order valence-electron chi connectivity index (χ3n) is 5.45. The van der Waals surface area contributed by atoms with Gasteiger partial charge in [0, 0.05) is 27.5 Å². The zero-order chi connectivity index (χ0) is 25.6. The van der Waals surface area contributed by atoms with Gasteiger partial charge < -0.3 is 19.4 Å². The smallest absolute Gasteiger partial charge is 0.411 e. The molecule has 11 heteroatoms. The van der Waals surface area contributed by atoms with E-state index in [0.717, 1.165) is 28.2 Å². The molecule has 3 heterocycles. The molecular formula is C24H31ClF3N5O2. The van der Waals surface area contributed by atoms with Gasteiger partial charge in [0.15, 0.2) is 5.84 Å². The zero-order valence-corrected chi connectivity index (χ0v) is 21.1. The Bertz CT molecular complexity index is 1070. The van der Waals surface area contributed by atoms with E-state index in [4.69, 9.17) is 20.8 Å². The lowest BCUT2D eigenvalue weighted by molar-refractivity contribution is -0.176. The number of benzene rings is 1. The summed E-state index contributed by atoms with van der Waals surface area (Å²) < 4.78 is 47.9. The normalized spacial score (nSPS) is 18.3. The van der Waals surface area contributed by atoms with Crippen LogP contribution in [0.2, 0.25) is 5.02 Å². The first-order valence-corrected chi connectivity index (χ1v) is 11.9. The second-order valence-electron chi connectivity index (χ2n) is 8.40. The highest BCUT2D eigenvalue weighted by atomic mass is 35.5. The number of unbranched alkanes of at least 4 members (excludes halogenated alkanes) is 2. The molecule has 0 radical (unpaired) electrons. The summed E-state index contributed by atoms with van der Waals surface area (Å²) in [6.07, 6.45) is 0.658. The predicted molar refractivity (Wildman–Crippen MR) is 131 cm³/mol. The molecule has 2 aliphatic heterocycles. The Morgan fingerprint density at radius 2 is 2.03 bits per heavy atom. The summed E-state index contributed by atoms with van der Waals surface area (Å²) in [5.74, 6) is 1.02. The summed E-state index contributed by atoms with van der Waals surface area (Å²) in [5.41, 5.74) is 6.64. The fourth-order valence-electron chi connectivity index (χ4n) is 3.63. The fourth-order valence-corrected chi connectivity index (χ4v) is 3.81. The highest BCUT2D eigenvalue weighted by Gasteiger charge is 2.35. The van der Waals surface area contributed by atoms with Crippen LogP contribution in [-0.4, -0.2) is 47.8 Å². The molecule has 0 amide bonds. The van der Waals surface area contributed by atoms with Crippen LogP contribution < -0.4 is 10.7 Å². The average molecular weight is 514 g/mol. The summed E-state index contributed by atoms with van der Waals surface area (Å²) in [6, 6.07) is 5.33.